The van der Waals surface area contributed by atoms with Crippen LogP contribution < -0.4 is 10.9 Å². The highest BCUT2D eigenvalue weighted by molar-refractivity contribution is 8.00. The Morgan fingerprint density at radius 3 is 2.59 bits per heavy atom. The second-order valence-electron chi connectivity index (χ2n) is 8.66. The van der Waals surface area contributed by atoms with Gasteiger partial charge in [0.1, 0.15) is 0 Å². The largest absolute Gasteiger partial charge is 0.352 e. The van der Waals surface area contributed by atoms with E-state index in [0.29, 0.717) is 22.0 Å². The smallest absolute Gasteiger partial charge is 0.262 e. The number of aromatic nitrogens is 2. The summed E-state index contributed by atoms with van der Waals surface area (Å²) in [5.74, 6) is 0.578. The molecule has 0 radical (unpaired) electrons. The van der Waals surface area contributed by atoms with Crippen molar-refractivity contribution in [3.8, 4) is 0 Å². The molecule has 0 saturated heterocycles. The number of thioether (sulfide) groups is 1. The highest BCUT2D eigenvalue weighted by Crippen LogP contribution is 2.33. The number of nitrogens with one attached hydrogen (secondary N) is 1. The van der Waals surface area contributed by atoms with Crippen molar-refractivity contribution >= 4 is 28.6 Å². The number of rotatable bonds is 5. The molecule has 2 saturated carbocycles. The van der Waals surface area contributed by atoms with Gasteiger partial charge < -0.3 is 5.32 Å². The lowest BCUT2D eigenvalue weighted by molar-refractivity contribution is -0.121. The molecule has 2 aromatic rings. The van der Waals surface area contributed by atoms with E-state index in [-0.39, 0.29) is 28.8 Å². The summed E-state index contributed by atoms with van der Waals surface area (Å²) in [6, 6.07) is 7.98. The first kappa shape index (κ1) is 20.5. The molecule has 1 heterocycles. The summed E-state index contributed by atoms with van der Waals surface area (Å²) in [7, 11) is 0. The first-order chi connectivity index (χ1) is 14.0. The number of carbonyl (C=O) groups is 1. The van der Waals surface area contributed by atoms with E-state index in [9.17, 15) is 9.59 Å². The Kier molecular flexibility index (Phi) is 6.28. The summed E-state index contributed by atoms with van der Waals surface area (Å²) in [4.78, 5) is 31.0. The Labute approximate surface area is 176 Å². The Morgan fingerprint density at radius 2 is 1.83 bits per heavy atom. The van der Waals surface area contributed by atoms with Gasteiger partial charge in [0.15, 0.2) is 5.16 Å². The summed E-state index contributed by atoms with van der Waals surface area (Å²) in [6.07, 6.45) is 8.98. The van der Waals surface area contributed by atoms with Crippen LogP contribution in [-0.2, 0) is 4.79 Å². The van der Waals surface area contributed by atoms with Crippen molar-refractivity contribution in [3.63, 3.8) is 0 Å². The van der Waals surface area contributed by atoms with Gasteiger partial charge in [0.2, 0.25) is 5.91 Å². The number of benzene rings is 1. The van der Waals surface area contributed by atoms with E-state index < -0.39 is 0 Å². The molecule has 1 amide bonds. The molecule has 3 unspecified atom stereocenters. The number of hydrogen-bond acceptors (Lipinski definition) is 4. The van der Waals surface area contributed by atoms with Crippen LogP contribution in [0.25, 0.3) is 10.9 Å². The average molecular weight is 414 g/mol. The third kappa shape index (κ3) is 4.37. The van der Waals surface area contributed by atoms with E-state index >= 15 is 0 Å². The molecule has 2 aliphatic carbocycles. The van der Waals surface area contributed by atoms with Crippen molar-refractivity contribution < 1.29 is 4.79 Å². The molecule has 1 N–H and O–H groups in total. The standard InChI is InChI=1S/C23H31N3O2S/c1-15-9-3-7-13-19(15)24-21(27)16(2)29-23-25-20-14-8-6-12-18(20)22(28)26(23)17-10-4-5-11-17/h6,8,12,14-17,19H,3-5,7,9-11,13H2,1-2H3,(H,24,27). The highest BCUT2D eigenvalue weighted by Gasteiger charge is 2.28. The summed E-state index contributed by atoms with van der Waals surface area (Å²) in [6.45, 7) is 4.15. The van der Waals surface area contributed by atoms with Gasteiger partial charge in [-0.2, -0.15) is 0 Å². The van der Waals surface area contributed by atoms with E-state index in [1.54, 1.807) is 0 Å². The molecule has 1 aromatic heterocycles. The van der Waals surface area contributed by atoms with Crippen molar-refractivity contribution in [1.29, 1.82) is 0 Å². The Morgan fingerprint density at radius 1 is 1.14 bits per heavy atom. The number of carbonyl (C=O) groups excluding carboxylic acids is 1. The first-order valence-corrected chi connectivity index (χ1v) is 11.9. The Bertz CT molecular complexity index is 935. The van der Waals surface area contributed by atoms with E-state index in [0.717, 1.165) is 32.1 Å². The number of fused-ring (bicyclic) bond motifs is 1. The first-order valence-electron chi connectivity index (χ1n) is 11.0. The zero-order valence-electron chi connectivity index (χ0n) is 17.4. The van der Waals surface area contributed by atoms with Gasteiger partial charge in [-0.1, -0.05) is 56.5 Å². The van der Waals surface area contributed by atoms with Gasteiger partial charge in [-0.05, 0) is 50.7 Å². The number of para-hydroxylation sites is 1. The normalized spacial score (nSPS) is 23.9. The van der Waals surface area contributed by atoms with E-state index in [1.807, 2.05) is 35.8 Å². The second kappa shape index (κ2) is 8.90. The van der Waals surface area contributed by atoms with Gasteiger partial charge in [0.25, 0.3) is 5.56 Å². The minimum absolute atomic E-state index is 0.0264. The molecule has 0 spiro atoms. The van der Waals surface area contributed by atoms with Crippen molar-refractivity contribution in [2.24, 2.45) is 5.92 Å². The lowest BCUT2D eigenvalue weighted by Gasteiger charge is -2.30. The van der Waals surface area contributed by atoms with Crippen LogP contribution in [0.4, 0.5) is 0 Å². The van der Waals surface area contributed by atoms with Gasteiger partial charge in [0, 0.05) is 12.1 Å². The third-order valence-corrected chi connectivity index (χ3v) is 7.62. The lowest BCUT2D eigenvalue weighted by atomic mass is 9.86. The van der Waals surface area contributed by atoms with Crippen LogP contribution in [0.3, 0.4) is 0 Å². The molecule has 1 aromatic carbocycles. The fourth-order valence-electron chi connectivity index (χ4n) is 4.74. The lowest BCUT2D eigenvalue weighted by Crippen LogP contribution is -2.44. The van der Waals surface area contributed by atoms with Crippen molar-refractivity contribution in [3.05, 3.63) is 34.6 Å². The van der Waals surface area contributed by atoms with E-state index in [1.165, 1.54) is 31.0 Å². The van der Waals surface area contributed by atoms with Crippen LogP contribution in [0, 0.1) is 5.92 Å². The van der Waals surface area contributed by atoms with Crippen LogP contribution in [0.1, 0.15) is 71.3 Å². The van der Waals surface area contributed by atoms with Crippen LogP contribution in [0.2, 0.25) is 0 Å². The molecule has 0 aliphatic heterocycles. The minimum Gasteiger partial charge on any atom is -0.352 e. The maximum absolute atomic E-state index is 13.3. The minimum atomic E-state index is -0.287. The van der Waals surface area contributed by atoms with Crippen LogP contribution >= 0.6 is 11.8 Å². The molecule has 156 valence electrons. The van der Waals surface area contributed by atoms with E-state index in [2.05, 4.69) is 12.2 Å². The molecule has 6 heteroatoms. The van der Waals surface area contributed by atoms with E-state index in [4.69, 9.17) is 4.98 Å². The maximum atomic E-state index is 13.3. The summed E-state index contributed by atoms with van der Waals surface area (Å²) in [5.41, 5.74) is 0.737. The zero-order valence-corrected chi connectivity index (χ0v) is 18.2. The number of hydrogen-bond donors (Lipinski definition) is 1. The number of amides is 1. The van der Waals surface area contributed by atoms with Gasteiger partial charge in [0.05, 0.1) is 16.2 Å². The molecular formula is C23H31N3O2S. The molecule has 3 atom stereocenters. The SMILES string of the molecule is CC(Sc1nc2ccccc2c(=O)n1C1CCCC1)C(=O)NC1CCCCC1C. The molecule has 29 heavy (non-hydrogen) atoms. The van der Waals surface area contributed by atoms with Gasteiger partial charge in [-0.15, -0.1) is 0 Å². The average Bonchev–Trinajstić information content (AvgIpc) is 3.24. The topological polar surface area (TPSA) is 64.0 Å². The highest BCUT2D eigenvalue weighted by atomic mass is 32.2. The van der Waals surface area contributed by atoms with Crippen molar-refractivity contribution in [2.45, 2.75) is 87.7 Å². The number of nitrogens with zero attached hydrogens (tertiary/aromatic N) is 2. The molecule has 0 bridgehead atoms. The summed E-state index contributed by atoms with van der Waals surface area (Å²) in [5, 5.41) is 4.31. The molecule has 2 aliphatic rings. The zero-order chi connectivity index (χ0) is 20.4. The Balaban J connectivity index is 1.59. The van der Waals surface area contributed by atoms with Gasteiger partial charge in [-0.3, -0.25) is 14.2 Å². The van der Waals surface area contributed by atoms with Gasteiger partial charge >= 0.3 is 0 Å². The van der Waals surface area contributed by atoms with Crippen molar-refractivity contribution in [1.82, 2.24) is 14.9 Å². The second-order valence-corrected chi connectivity index (χ2v) is 9.97. The monoisotopic (exact) mass is 413 g/mol. The predicted molar refractivity (Wildman–Crippen MR) is 118 cm³/mol. The summed E-state index contributed by atoms with van der Waals surface area (Å²) >= 11 is 1.42. The van der Waals surface area contributed by atoms with Crippen LogP contribution in [0.5, 0.6) is 0 Å². The molecule has 4 rings (SSSR count). The quantitative estimate of drug-likeness (QED) is 0.571. The maximum Gasteiger partial charge on any atom is 0.262 e. The molecular weight excluding hydrogens is 382 g/mol. The summed E-state index contributed by atoms with van der Waals surface area (Å²) < 4.78 is 1.87. The molecule has 5 nitrogen and oxygen atoms in total. The fraction of sp³-hybridized carbons (Fsp3) is 0.609. The van der Waals surface area contributed by atoms with Crippen LogP contribution in [-0.4, -0.2) is 26.8 Å². The van der Waals surface area contributed by atoms with Gasteiger partial charge in [-0.25, -0.2) is 4.98 Å². The fourth-order valence-corrected chi connectivity index (χ4v) is 5.72. The third-order valence-electron chi connectivity index (χ3n) is 6.56. The van der Waals surface area contributed by atoms with Crippen LogP contribution in [0.15, 0.2) is 34.2 Å². The molecule has 2 fully saturated rings. The van der Waals surface area contributed by atoms with Crippen molar-refractivity contribution in [2.75, 3.05) is 0 Å². The predicted octanol–water partition coefficient (Wildman–Crippen LogP) is 4.69. The Hall–Kier alpha value is -1.82.